The third-order valence-electron chi connectivity index (χ3n) is 3.24. The van der Waals surface area contributed by atoms with Gasteiger partial charge in [0.1, 0.15) is 0 Å². The van der Waals surface area contributed by atoms with Crippen molar-refractivity contribution in [2.45, 2.75) is 18.6 Å². The van der Waals surface area contributed by atoms with Crippen LogP contribution in [-0.2, 0) is 16.0 Å². The second kappa shape index (κ2) is 5.76. The Morgan fingerprint density at radius 1 is 1.33 bits per heavy atom. The van der Waals surface area contributed by atoms with Gasteiger partial charge >= 0.3 is 6.18 Å². The molecule has 0 saturated carbocycles. The van der Waals surface area contributed by atoms with Gasteiger partial charge in [-0.2, -0.15) is 13.2 Å². The quantitative estimate of drug-likeness (QED) is 0.860. The average molecular weight is 321 g/mol. The van der Waals surface area contributed by atoms with Gasteiger partial charge in [-0.3, -0.25) is 4.79 Å². The van der Waals surface area contributed by atoms with E-state index in [-0.39, 0.29) is 30.0 Å². The van der Waals surface area contributed by atoms with Crippen LogP contribution in [0.15, 0.2) is 24.3 Å². The number of alkyl halides is 3. The van der Waals surface area contributed by atoms with Gasteiger partial charge in [0, 0.05) is 24.6 Å². The normalized spacial score (nSPS) is 22.0. The number of Topliss-reactive ketones (excluding diaryl/α,β-unsaturated/α-hetero) is 1. The van der Waals surface area contributed by atoms with E-state index in [1.165, 1.54) is 12.1 Å². The molecule has 4 nitrogen and oxygen atoms in total. The van der Waals surface area contributed by atoms with E-state index in [0.717, 1.165) is 12.1 Å². The number of hydrogen-bond donors (Lipinski definition) is 1. The Balaban J connectivity index is 2.10. The van der Waals surface area contributed by atoms with Gasteiger partial charge in [-0.25, -0.2) is 8.42 Å². The summed E-state index contributed by atoms with van der Waals surface area (Å²) in [5.41, 5.74) is -0.952. The number of ketones is 1. The number of carbonyl (C=O) groups excluding carboxylic acids is 1. The molecule has 1 N–H and O–H groups in total. The Morgan fingerprint density at radius 3 is 2.67 bits per heavy atom. The van der Waals surface area contributed by atoms with Gasteiger partial charge in [-0.15, -0.1) is 0 Å². The van der Waals surface area contributed by atoms with Crippen LogP contribution in [0.4, 0.5) is 13.2 Å². The summed E-state index contributed by atoms with van der Waals surface area (Å²) >= 11 is 0. The topological polar surface area (TPSA) is 63.2 Å². The maximum Gasteiger partial charge on any atom is 0.416 e. The Kier molecular flexibility index (Phi) is 4.38. The van der Waals surface area contributed by atoms with E-state index in [2.05, 4.69) is 5.32 Å². The molecular formula is C13H14F3NO3S. The first-order valence-corrected chi connectivity index (χ1v) is 8.14. The molecule has 2 rings (SSSR count). The number of nitrogens with one attached hydrogen (secondary N) is 1. The van der Waals surface area contributed by atoms with Crippen LogP contribution in [0.1, 0.15) is 22.3 Å². The van der Waals surface area contributed by atoms with Crippen LogP contribution in [0, 0.1) is 0 Å². The van der Waals surface area contributed by atoms with Crippen LogP contribution in [-0.4, -0.2) is 38.3 Å². The van der Waals surface area contributed by atoms with Crippen LogP contribution >= 0.6 is 0 Å². The van der Waals surface area contributed by atoms with Crippen LogP contribution < -0.4 is 5.32 Å². The van der Waals surface area contributed by atoms with Gasteiger partial charge in [0.25, 0.3) is 0 Å². The van der Waals surface area contributed by atoms with Crippen molar-refractivity contribution >= 4 is 15.6 Å². The van der Waals surface area contributed by atoms with Crippen molar-refractivity contribution in [1.29, 1.82) is 0 Å². The molecule has 116 valence electrons. The average Bonchev–Trinajstić information content (AvgIpc) is 2.36. The van der Waals surface area contributed by atoms with Gasteiger partial charge in [0.05, 0.1) is 17.1 Å². The first-order chi connectivity index (χ1) is 9.67. The molecule has 1 fully saturated rings. The van der Waals surface area contributed by atoms with E-state index in [1.54, 1.807) is 0 Å². The lowest BCUT2D eigenvalue weighted by Crippen LogP contribution is -2.46. The highest BCUT2D eigenvalue weighted by atomic mass is 32.2. The lowest BCUT2D eigenvalue weighted by molar-refractivity contribution is -0.137. The molecule has 1 unspecified atom stereocenters. The summed E-state index contributed by atoms with van der Waals surface area (Å²) < 4.78 is 60.7. The summed E-state index contributed by atoms with van der Waals surface area (Å²) in [5, 5.41) is 2.90. The van der Waals surface area contributed by atoms with Gasteiger partial charge in [0.2, 0.25) is 0 Å². The molecule has 0 radical (unpaired) electrons. The van der Waals surface area contributed by atoms with E-state index in [1.807, 2.05) is 0 Å². The van der Waals surface area contributed by atoms with E-state index < -0.39 is 33.4 Å². The monoisotopic (exact) mass is 321 g/mol. The van der Waals surface area contributed by atoms with Crippen LogP contribution in [0.2, 0.25) is 0 Å². The maximum atomic E-state index is 12.6. The van der Waals surface area contributed by atoms with E-state index in [4.69, 9.17) is 0 Å². The lowest BCUT2D eigenvalue weighted by Gasteiger charge is -2.23. The molecule has 0 spiro atoms. The van der Waals surface area contributed by atoms with Crippen molar-refractivity contribution in [3.63, 3.8) is 0 Å². The van der Waals surface area contributed by atoms with Crippen molar-refractivity contribution in [2.24, 2.45) is 0 Å². The van der Waals surface area contributed by atoms with Crippen molar-refractivity contribution in [2.75, 3.05) is 18.1 Å². The molecule has 0 bridgehead atoms. The zero-order valence-electron chi connectivity index (χ0n) is 11.0. The second-order valence-corrected chi connectivity index (χ2v) is 7.20. The summed E-state index contributed by atoms with van der Waals surface area (Å²) in [6.45, 7) is 0.253. The molecule has 8 heteroatoms. The number of hydrogen-bond acceptors (Lipinski definition) is 4. The fourth-order valence-electron chi connectivity index (χ4n) is 2.21. The predicted octanol–water partition coefficient (Wildman–Crippen LogP) is 1.66. The molecule has 21 heavy (non-hydrogen) atoms. The van der Waals surface area contributed by atoms with Gasteiger partial charge in [0.15, 0.2) is 15.6 Å². The molecule has 1 aliphatic heterocycles. The van der Waals surface area contributed by atoms with Crippen molar-refractivity contribution in [3.05, 3.63) is 35.4 Å². The number of halogens is 3. The number of rotatable bonds is 3. The maximum absolute atomic E-state index is 12.6. The highest BCUT2D eigenvalue weighted by Crippen LogP contribution is 2.29. The molecule has 0 aliphatic carbocycles. The highest BCUT2D eigenvalue weighted by Gasteiger charge is 2.31. The standard InChI is InChI=1S/C13H14F3NO3S/c14-13(15,16)10-3-1-2-9(6-10)12(18)7-11-8-21(19,20)5-4-17-11/h1-3,6,11,17H,4-5,7-8H2. The van der Waals surface area contributed by atoms with Crippen molar-refractivity contribution in [1.82, 2.24) is 5.32 Å². The van der Waals surface area contributed by atoms with Gasteiger partial charge in [-0.1, -0.05) is 12.1 Å². The van der Waals surface area contributed by atoms with Gasteiger partial charge < -0.3 is 5.32 Å². The lowest BCUT2D eigenvalue weighted by atomic mass is 10.0. The zero-order chi connectivity index (χ0) is 15.7. The smallest absolute Gasteiger partial charge is 0.312 e. The molecule has 1 aromatic rings. The minimum Gasteiger partial charge on any atom is -0.312 e. The Morgan fingerprint density at radius 2 is 2.05 bits per heavy atom. The van der Waals surface area contributed by atoms with Crippen LogP contribution in [0.3, 0.4) is 0 Å². The minimum absolute atomic E-state index is 0.0151. The fourth-order valence-corrected chi connectivity index (χ4v) is 3.65. The molecule has 1 heterocycles. The van der Waals surface area contributed by atoms with E-state index in [0.29, 0.717) is 0 Å². The Hall–Kier alpha value is -1.41. The summed E-state index contributed by atoms with van der Waals surface area (Å²) in [5.74, 6) is -0.658. The Labute approximate surface area is 120 Å². The molecular weight excluding hydrogens is 307 g/mol. The minimum atomic E-state index is -4.51. The van der Waals surface area contributed by atoms with E-state index in [9.17, 15) is 26.4 Å². The molecule has 0 aromatic heterocycles. The summed E-state index contributed by atoms with van der Waals surface area (Å²) in [7, 11) is -3.19. The van der Waals surface area contributed by atoms with E-state index >= 15 is 0 Å². The summed E-state index contributed by atoms with van der Waals surface area (Å²) in [6.07, 6.45) is -4.65. The third-order valence-corrected chi connectivity index (χ3v) is 4.98. The summed E-state index contributed by atoms with van der Waals surface area (Å²) in [4.78, 5) is 12.0. The third kappa shape index (κ3) is 4.28. The Bertz CT molecular complexity index is 640. The van der Waals surface area contributed by atoms with Crippen LogP contribution in [0.25, 0.3) is 0 Å². The predicted molar refractivity (Wildman–Crippen MR) is 70.8 cm³/mol. The van der Waals surface area contributed by atoms with Crippen molar-refractivity contribution in [3.8, 4) is 0 Å². The molecule has 1 saturated heterocycles. The number of benzene rings is 1. The molecule has 1 aliphatic rings. The SMILES string of the molecule is O=C(CC1CS(=O)(=O)CCN1)c1cccc(C(F)(F)F)c1. The summed E-state index contributed by atoms with van der Waals surface area (Å²) in [6, 6.07) is 3.60. The first kappa shape index (κ1) is 16.0. The van der Waals surface area contributed by atoms with Crippen LogP contribution in [0.5, 0.6) is 0 Å². The molecule has 1 atom stereocenters. The first-order valence-electron chi connectivity index (χ1n) is 6.32. The fraction of sp³-hybridized carbons (Fsp3) is 0.462. The highest BCUT2D eigenvalue weighted by molar-refractivity contribution is 7.91. The second-order valence-electron chi connectivity index (χ2n) is 4.97. The molecule has 1 aromatic carbocycles. The van der Waals surface area contributed by atoms with Gasteiger partial charge in [-0.05, 0) is 12.1 Å². The van der Waals surface area contributed by atoms with Crippen molar-refractivity contribution < 1.29 is 26.4 Å². The number of carbonyl (C=O) groups is 1. The largest absolute Gasteiger partial charge is 0.416 e. The number of sulfone groups is 1. The zero-order valence-corrected chi connectivity index (χ0v) is 11.8. The molecule has 0 amide bonds.